The van der Waals surface area contributed by atoms with Gasteiger partial charge in [0.1, 0.15) is 5.82 Å². The van der Waals surface area contributed by atoms with E-state index in [0.29, 0.717) is 18.8 Å². The van der Waals surface area contributed by atoms with Gasteiger partial charge in [-0.2, -0.15) is 5.48 Å². The van der Waals surface area contributed by atoms with Gasteiger partial charge in [-0.05, 0) is 30.9 Å². The Balaban J connectivity index is 1.46. The van der Waals surface area contributed by atoms with Crippen molar-refractivity contribution in [3.8, 4) is 0 Å². The first-order valence-corrected chi connectivity index (χ1v) is 8.57. The van der Waals surface area contributed by atoms with Gasteiger partial charge in [-0.3, -0.25) is 0 Å². The minimum atomic E-state index is -0.419. The SMILES string of the molecule is Fc1ccccc1[C@]12CC[C@H](OCc3ccccc3)C[C@H]1CON2. The molecule has 0 amide bonds. The summed E-state index contributed by atoms with van der Waals surface area (Å²) in [5.41, 5.74) is 4.61. The first-order chi connectivity index (χ1) is 11.8. The van der Waals surface area contributed by atoms with Crippen LogP contribution in [0.4, 0.5) is 4.39 Å². The normalized spacial score (nSPS) is 29.4. The Bertz CT molecular complexity index is 693. The highest BCUT2D eigenvalue weighted by Gasteiger charge is 2.50. The Hall–Kier alpha value is -1.75. The quantitative estimate of drug-likeness (QED) is 0.922. The number of nitrogens with one attached hydrogen (secondary N) is 1. The fraction of sp³-hybridized carbons (Fsp3) is 0.400. The minimum Gasteiger partial charge on any atom is -0.374 e. The molecule has 1 aliphatic carbocycles. The molecule has 24 heavy (non-hydrogen) atoms. The second kappa shape index (κ2) is 6.63. The Morgan fingerprint density at radius 3 is 2.75 bits per heavy atom. The molecular formula is C20H22FNO2. The van der Waals surface area contributed by atoms with Gasteiger partial charge in [0.25, 0.3) is 0 Å². The lowest BCUT2D eigenvalue weighted by molar-refractivity contribution is -0.0204. The number of fused-ring (bicyclic) bond motifs is 1. The maximum Gasteiger partial charge on any atom is 0.128 e. The van der Waals surface area contributed by atoms with E-state index in [1.165, 1.54) is 11.6 Å². The van der Waals surface area contributed by atoms with Gasteiger partial charge in [0.05, 0.1) is 24.9 Å². The summed E-state index contributed by atoms with van der Waals surface area (Å²) in [5, 5.41) is 0. The van der Waals surface area contributed by atoms with Crippen LogP contribution in [0, 0.1) is 11.7 Å². The number of halogens is 1. The number of hydrogen-bond acceptors (Lipinski definition) is 3. The molecule has 1 heterocycles. The van der Waals surface area contributed by atoms with Crippen molar-refractivity contribution in [3.05, 3.63) is 71.5 Å². The summed E-state index contributed by atoms with van der Waals surface area (Å²) in [6.07, 6.45) is 2.79. The van der Waals surface area contributed by atoms with E-state index in [0.717, 1.165) is 19.3 Å². The molecular weight excluding hydrogens is 305 g/mol. The third-order valence-corrected chi connectivity index (χ3v) is 5.33. The van der Waals surface area contributed by atoms with E-state index in [9.17, 15) is 4.39 Å². The van der Waals surface area contributed by atoms with Crippen LogP contribution in [-0.4, -0.2) is 12.7 Å². The van der Waals surface area contributed by atoms with Crippen molar-refractivity contribution in [2.75, 3.05) is 6.61 Å². The molecule has 0 spiro atoms. The number of ether oxygens (including phenoxy) is 1. The predicted molar refractivity (Wildman–Crippen MR) is 89.5 cm³/mol. The molecule has 2 fully saturated rings. The minimum absolute atomic E-state index is 0.163. The highest BCUT2D eigenvalue weighted by molar-refractivity contribution is 5.29. The lowest BCUT2D eigenvalue weighted by Gasteiger charge is -2.41. The van der Waals surface area contributed by atoms with Crippen LogP contribution >= 0.6 is 0 Å². The van der Waals surface area contributed by atoms with Crippen LogP contribution in [0.5, 0.6) is 0 Å². The van der Waals surface area contributed by atoms with E-state index in [4.69, 9.17) is 9.57 Å². The van der Waals surface area contributed by atoms with Crippen LogP contribution in [0.15, 0.2) is 54.6 Å². The first-order valence-electron chi connectivity index (χ1n) is 8.57. The van der Waals surface area contributed by atoms with Gasteiger partial charge in [-0.1, -0.05) is 48.5 Å². The number of rotatable bonds is 4. The zero-order valence-corrected chi connectivity index (χ0v) is 13.6. The maximum absolute atomic E-state index is 14.3. The number of benzene rings is 2. The molecule has 4 rings (SSSR count). The van der Waals surface area contributed by atoms with Gasteiger partial charge in [-0.25, -0.2) is 4.39 Å². The highest BCUT2D eigenvalue weighted by Crippen LogP contribution is 2.46. The molecule has 4 heteroatoms. The summed E-state index contributed by atoms with van der Waals surface area (Å²) in [6.45, 7) is 1.22. The van der Waals surface area contributed by atoms with Crippen molar-refractivity contribution in [1.82, 2.24) is 5.48 Å². The molecule has 2 aromatic rings. The molecule has 3 nitrogen and oxygen atoms in total. The molecule has 126 valence electrons. The van der Waals surface area contributed by atoms with Crippen molar-refractivity contribution >= 4 is 0 Å². The summed E-state index contributed by atoms with van der Waals surface area (Å²) in [6, 6.07) is 17.2. The molecule has 3 atom stereocenters. The fourth-order valence-electron chi connectivity index (χ4n) is 4.02. The van der Waals surface area contributed by atoms with Gasteiger partial charge in [0.15, 0.2) is 0 Å². The molecule has 1 N–H and O–H groups in total. The van der Waals surface area contributed by atoms with Crippen molar-refractivity contribution in [1.29, 1.82) is 0 Å². The fourth-order valence-corrected chi connectivity index (χ4v) is 4.02. The summed E-state index contributed by atoms with van der Waals surface area (Å²) in [5.74, 6) is 0.0630. The second-order valence-electron chi connectivity index (χ2n) is 6.75. The number of hydroxylamine groups is 1. The Kier molecular flexibility index (Phi) is 4.35. The van der Waals surface area contributed by atoms with Crippen molar-refractivity contribution in [2.45, 2.75) is 37.5 Å². The third-order valence-electron chi connectivity index (χ3n) is 5.33. The summed E-state index contributed by atoms with van der Waals surface area (Å²) >= 11 is 0. The zero-order valence-electron chi connectivity index (χ0n) is 13.6. The summed E-state index contributed by atoms with van der Waals surface area (Å²) < 4.78 is 20.5. The van der Waals surface area contributed by atoms with Gasteiger partial charge in [-0.15, -0.1) is 0 Å². The molecule has 0 radical (unpaired) electrons. The van der Waals surface area contributed by atoms with Crippen molar-refractivity contribution in [2.24, 2.45) is 5.92 Å². The van der Waals surface area contributed by atoms with E-state index < -0.39 is 5.54 Å². The lowest BCUT2D eigenvalue weighted by atomic mass is 9.69. The second-order valence-corrected chi connectivity index (χ2v) is 6.75. The van der Waals surface area contributed by atoms with Gasteiger partial charge >= 0.3 is 0 Å². The summed E-state index contributed by atoms with van der Waals surface area (Å²) in [4.78, 5) is 5.54. The molecule has 0 unspecified atom stereocenters. The van der Waals surface area contributed by atoms with E-state index in [1.807, 2.05) is 30.3 Å². The number of hydrogen-bond donors (Lipinski definition) is 1. The summed E-state index contributed by atoms with van der Waals surface area (Å²) in [7, 11) is 0. The maximum atomic E-state index is 14.3. The molecule has 1 aliphatic heterocycles. The molecule has 2 aliphatic rings. The van der Waals surface area contributed by atoms with E-state index in [1.54, 1.807) is 6.07 Å². The van der Waals surface area contributed by atoms with Crippen LogP contribution in [0.25, 0.3) is 0 Å². The Labute approximate surface area is 141 Å². The van der Waals surface area contributed by atoms with E-state index in [2.05, 4.69) is 17.6 Å². The topological polar surface area (TPSA) is 30.5 Å². The molecule has 0 aromatic heterocycles. The van der Waals surface area contributed by atoms with E-state index >= 15 is 0 Å². The van der Waals surface area contributed by atoms with Gasteiger partial charge in [0.2, 0.25) is 0 Å². The van der Waals surface area contributed by atoms with Crippen LogP contribution in [-0.2, 0) is 21.7 Å². The zero-order chi connectivity index (χ0) is 16.4. The smallest absolute Gasteiger partial charge is 0.128 e. The molecule has 1 saturated heterocycles. The Morgan fingerprint density at radius 1 is 1.12 bits per heavy atom. The standard InChI is InChI=1S/C20H22FNO2/c21-19-9-5-4-8-18(19)20-11-10-17(12-16(20)14-24-22-20)23-13-15-6-2-1-3-7-15/h1-9,16-17,22H,10-14H2/t16-,17-,20-/m0/s1. The van der Waals surface area contributed by atoms with Crippen LogP contribution in [0.3, 0.4) is 0 Å². The molecule has 0 bridgehead atoms. The first kappa shape index (κ1) is 15.8. The van der Waals surface area contributed by atoms with Crippen molar-refractivity contribution < 1.29 is 14.0 Å². The van der Waals surface area contributed by atoms with Gasteiger partial charge in [0, 0.05) is 11.5 Å². The largest absolute Gasteiger partial charge is 0.374 e. The van der Waals surface area contributed by atoms with Crippen LogP contribution in [0.1, 0.15) is 30.4 Å². The third kappa shape index (κ3) is 2.86. The predicted octanol–water partition coefficient (Wildman–Crippen LogP) is 3.94. The molecule has 1 saturated carbocycles. The van der Waals surface area contributed by atoms with Gasteiger partial charge < -0.3 is 9.57 Å². The monoisotopic (exact) mass is 327 g/mol. The van der Waals surface area contributed by atoms with Crippen LogP contribution in [0.2, 0.25) is 0 Å². The average Bonchev–Trinajstić information content (AvgIpc) is 3.05. The lowest BCUT2D eigenvalue weighted by Crippen LogP contribution is -2.47. The molecule has 2 aromatic carbocycles. The average molecular weight is 327 g/mol. The van der Waals surface area contributed by atoms with Crippen molar-refractivity contribution in [3.63, 3.8) is 0 Å². The Morgan fingerprint density at radius 2 is 1.92 bits per heavy atom. The highest BCUT2D eigenvalue weighted by atomic mass is 19.1. The van der Waals surface area contributed by atoms with Crippen LogP contribution < -0.4 is 5.48 Å². The van der Waals surface area contributed by atoms with E-state index in [-0.39, 0.29) is 17.8 Å².